The molecule has 8 heteroatoms. The molecule has 1 aromatic heterocycles. The van der Waals surface area contributed by atoms with Crippen molar-refractivity contribution >= 4 is 21.5 Å². The molecule has 0 amide bonds. The molecule has 21 heavy (non-hydrogen) atoms. The SMILES string of the molecule is O=S(=O)(N1CCOCC1)N1CC(CO)C(c2ccsc2)C1. The van der Waals surface area contributed by atoms with Crippen LogP contribution >= 0.6 is 11.3 Å². The first-order chi connectivity index (χ1) is 10.1. The third-order valence-corrected chi connectivity index (χ3v) is 6.91. The van der Waals surface area contributed by atoms with E-state index in [-0.39, 0.29) is 18.4 Å². The molecule has 2 unspecified atom stereocenters. The standard InChI is InChI=1S/C13H20N2O4S2/c16-9-12-7-15(8-13(12)11-1-6-20-10-11)21(17,18)14-2-4-19-5-3-14/h1,6,10,12-13,16H,2-5,7-9H2. The summed E-state index contributed by atoms with van der Waals surface area (Å²) < 4.78 is 33.6. The van der Waals surface area contributed by atoms with Crippen LogP contribution in [0.1, 0.15) is 11.5 Å². The molecular formula is C13H20N2O4S2. The van der Waals surface area contributed by atoms with E-state index in [1.54, 1.807) is 11.3 Å². The van der Waals surface area contributed by atoms with E-state index in [2.05, 4.69) is 0 Å². The van der Waals surface area contributed by atoms with E-state index in [0.717, 1.165) is 5.56 Å². The van der Waals surface area contributed by atoms with Gasteiger partial charge >= 0.3 is 0 Å². The molecule has 3 rings (SSSR count). The molecule has 0 bridgehead atoms. The van der Waals surface area contributed by atoms with Gasteiger partial charge in [-0.25, -0.2) is 0 Å². The highest BCUT2D eigenvalue weighted by atomic mass is 32.2. The Labute approximate surface area is 129 Å². The number of morpholine rings is 1. The molecule has 0 saturated carbocycles. The molecule has 2 atom stereocenters. The van der Waals surface area contributed by atoms with Gasteiger partial charge in [0.1, 0.15) is 0 Å². The van der Waals surface area contributed by atoms with Gasteiger partial charge in [0.15, 0.2) is 0 Å². The maximum Gasteiger partial charge on any atom is 0.282 e. The first-order valence-corrected chi connectivity index (χ1v) is 9.43. The van der Waals surface area contributed by atoms with E-state index in [0.29, 0.717) is 39.4 Å². The fourth-order valence-corrected chi connectivity index (χ4v) is 5.40. The molecule has 2 aliphatic heterocycles. The van der Waals surface area contributed by atoms with Gasteiger partial charge < -0.3 is 9.84 Å². The zero-order valence-corrected chi connectivity index (χ0v) is 13.4. The largest absolute Gasteiger partial charge is 0.396 e. The lowest BCUT2D eigenvalue weighted by molar-refractivity contribution is 0.0704. The maximum absolute atomic E-state index is 12.7. The van der Waals surface area contributed by atoms with Crippen molar-refractivity contribution in [1.82, 2.24) is 8.61 Å². The summed E-state index contributed by atoms with van der Waals surface area (Å²) in [5.74, 6) is 0.0486. The Morgan fingerprint density at radius 3 is 2.67 bits per heavy atom. The fraction of sp³-hybridized carbons (Fsp3) is 0.692. The number of aliphatic hydroxyl groups is 1. The number of hydrogen-bond donors (Lipinski definition) is 1. The topological polar surface area (TPSA) is 70.1 Å². The second-order valence-electron chi connectivity index (χ2n) is 5.44. The molecule has 0 spiro atoms. The highest BCUT2D eigenvalue weighted by Gasteiger charge is 2.41. The number of thiophene rings is 1. The third kappa shape index (κ3) is 3.01. The summed E-state index contributed by atoms with van der Waals surface area (Å²) in [6.07, 6.45) is 0. The van der Waals surface area contributed by atoms with Gasteiger partial charge in [0.2, 0.25) is 0 Å². The highest BCUT2D eigenvalue weighted by molar-refractivity contribution is 7.86. The van der Waals surface area contributed by atoms with Crippen LogP contribution in [-0.4, -0.2) is 68.1 Å². The van der Waals surface area contributed by atoms with Crippen LogP contribution in [0.25, 0.3) is 0 Å². The molecule has 2 aliphatic rings. The lowest BCUT2D eigenvalue weighted by Crippen LogP contribution is -2.48. The Bertz CT molecular complexity index is 555. The van der Waals surface area contributed by atoms with Crippen LogP contribution in [0.5, 0.6) is 0 Å². The summed E-state index contributed by atoms with van der Waals surface area (Å²) in [6.45, 7) is 2.56. The third-order valence-electron chi connectivity index (χ3n) is 4.24. The van der Waals surface area contributed by atoms with Gasteiger partial charge in [-0.2, -0.15) is 28.4 Å². The molecule has 1 N–H and O–H groups in total. The Hall–Kier alpha value is -0.510. The lowest BCUT2D eigenvalue weighted by atomic mass is 9.92. The van der Waals surface area contributed by atoms with E-state index in [9.17, 15) is 13.5 Å². The molecule has 2 fully saturated rings. The normalized spacial score (nSPS) is 29.0. The monoisotopic (exact) mass is 332 g/mol. The molecule has 6 nitrogen and oxygen atoms in total. The van der Waals surface area contributed by atoms with Crippen molar-refractivity contribution < 1.29 is 18.3 Å². The van der Waals surface area contributed by atoms with Crippen LogP contribution < -0.4 is 0 Å². The average molecular weight is 332 g/mol. The van der Waals surface area contributed by atoms with Gasteiger partial charge in [-0.05, 0) is 22.4 Å². The summed E-state index contributed by atoms with van der Waals surface area (Å²) in [5, 5.41) is 13.6. The van der Waals surface area contributed by atoms with Crippen molar-refractivity contribution in [3.8, 4) is 0 Å². The molecule has 1 aromatic rings. The number of aliphatic hydroxyl groups excluding tert-OH is 1. The first-order valence-electron chi connectivity index (χ1n) is 7.09. The number of rotatable bonds is 4. The minimum absolute atomic E-state index is 0.00957. The predicted octanol–water partition coefficient (Wildman–Crippen LogP) is 0.333. The summed E-state index contributed by atoms with van der Waals surface area (Å²) in [6, 6.07) is 2.02. The van der Waals surface area contributed by atoms with Crippen molar-refractivity contribution in [1.29, 1.82) is 0 Å². The Kier molecular flexibility index (Phi) is 4.63. The fourth-order valence-electron chi connectivity index (χ4n) is 3.01. The Balaban J connectivity index is 1.77. The number of hydrogen-bond acceptors (Lipinski definition) is 5. The molecule has 0 radical (unpaired) electrons. The zero-order valence-electron chi connectivity index (χ0n) is 11.7. The van der Waals surface area contributed by atoms with E-state index >= 15 is 0 Å². The van der Waals surface area contributed by atoms with Crippen LogP contribution in [0.15, 0.2) is 16.8 Å². The molecule has 2 saturated heterocycles. The molecule has 0 aromatic carbocycles. The van der Waals surface area contributed by atoms with Crippen LogP contribution in [0, 0.1) is 5.92 Å². The van der Waals surface area contributed by atoms with E-state index in [4.69, 9.17) is 4.74 Å². The smallest absolute Gasteiger partial charge is 0.282 e. The molecular weight excluding hydrogens is 312 g/mol. The van der Waals surface area contributed by atoms with Gasteiger partial charge in [-0.3, -0.25) is 0 Å². The van der Waals surface area contributed by atoms with E-state index in [1.165, 1.54) is 8.61 Å². The summed E-state index contributed by atoms with van der Waals surface area (Å²) in [7, 11) is -3.45. The maximum atomic E-state index is 12.7. The summed E-state index contributed by atoms with van der Waals surface area (Å²) >= 11 is 1.60. The van der Waals surface area contributed by atoms with E-state index in [1.807, 2.05) is 16.8 Å². The first kappa shape index (κ1) is 15.4. The van der Waals surface area contributed by atoms with E-state index < -0.39 is 10.2 Å². The van der Waals surface area contributed by atoms with Crippen molar-refractivity contribution in [2.24, 2.45) is 5.92 Å². The quantitative estimate of drug-likeness (QED) is 0.863. The van der Waals surface area contributed by atoms with Crippen molar-refractivity contribution in [2.45, 2.75) is 5.92 Å². The number of ether oxygens (including phenoxy) is 1. The van der Waals surface area contributed by atoms with Crippen molar-refractivity contribution in [2.75, 3.05) is 46.0 Å². The summed E-state index contributed by atoms with van der Waals surface area (Å²) in [4.78, 5) is 0. The minimum Gasteiger partial charge on any atom is -0.396 e. The van der Waals surface area contributed by atoms with Crippen LogP contribution in [0.3, 0.4) is 0 Å². The van der Waals surface area contributed by atoms with Gasteiger partial charge in [0, 0.05) is 44.6 Å². The molecule has 0 aliphatic carbocycles. The highest BCUT2D eigenvalue weighted by Crippen LogP contribution is 2.35. The van der Waals surface area contributed by atoms with Crippen LogP contribution in [0.2, 0.25) is 0 Å². The van der Waals surface area contributed by atoms with Gasteiger partial charge in [0.05, 0.1) is 13.2 Å². The summed E-state index contributed by atoms with van der Waals surface area (Å²) in [5.41, 5.74) is 1.12. The van der Waals surface area contributed by atoms with Crippen LogP contribution in [-0.2, 0) is 14.9 Å². The van der Waals surface area contributed by atoms with Gasteiger partial charge in [-0.15, -0.1) is 0 Å². The Morgan fingerprint density at radius 1 is 1.29 bits per heavy atom. The van der Waals surface area contributed by atoms with Crippen molar-refractivity contribution in [3.05, 3.63) is 22.4 Å². The Morgan fingerprint density at radius 2 is 2.05 bits per heavy atom. The number of nitrogens with zero attached hydrogens (tertiary/aromatic N) is 2. The second kappa shape index (κ2) is 6.31. The molecule has 118 valence electrons. The lowest BCUT2D eigenvalue weighted by Gasteiger charge is -2.30. The molecule has 3 heterocycles. The van der Waals surface area contributed by atoms with Gasteiger partial charge in [0.25, 0.3) is 10.2 Å². The average Bonchev–Trinajstić information content (AvgIpc) is 3.17. The van der Waals surface area contributed by atoms with Crippen LogP contribution in [0.4, 0.5) is 0 Å². The predicted molar refractivity (Wildman–Crippen MR) is 80.5 cm³/mol. The van der Waals surface area contributed by atoms with Gasteiger partial charge in [-0.1, -0.05) is 0 Å². The minimum atomic E-state index is -3.45. The second-order valence-corrected chi connectivity index (χ2v) is 8.15. The zero-order chi connectivity index (χ0) is 14.9. The van der Waals surface area contributed by atoms with Crippen molar-refractivity contribution in [3.63, 3.8) is 0 Å².